The summed E-state index contributed by atoms with van der Waals surface area (Å²) in [6.07, 6.45) is 0. The van der Waals surface area contributed by atoms with Crippen LogP contribution in [0.2, 0.25) is 0 Å². The fourth-order valence-electron chi connectivity index (χ4n) is 1.98. The van der Waals surface area contributed by atoms with Gasteiger partial charge in [0.1, 0.15) is 5.82 Å². The van der Waals surface area contributed by atoms with Crippen molar-refractivity contribution in [3.05, 3.63) is 52.0 Å². The third kappa shape index (κ3) is 3.57. The number of nitrogens with zero attached hydrogens (tertiary/aromatic N) is 1. The molecule has 19 heavy (non-hydrogen) atoms. The van der Waals surface area contributed by atoms with Gasteiger partial charge in [-0.1, -0.05) is 28.1 Å². The molecule has 0 aliphatic carbocycles. The van der Waals surface area contributed by atoms with Gasteiger partial charge in [0.25, 0.3) is 0 Å². The first-order valence-electron chi connectivity index (χ1n) is 6.25. The first kappa shape index (κ1) is 14.5. The summed E-state index contributed by atoms with van der Waals surface area (Å²) < 4.78 is 14.2. The van der Waals surface area contributed by atoms with Crippen LogP contribution >= 0.6 is 27.3 Å². The highest BCUT2D eigenvalue weighted by Gasteiger charge is 2.16. The summed E-state index contributed by atoms with van der Waals surface area (Å²) in [4.78, 5) is 3.34. The van der Waals surface area contributed by atoms with Crippen molar-refractivity contribution >= 4 is 33.0 Å². The fraction of sp³-hybridized carbons (Fsp3) is 0.333. The summed E-state index contributed by atoms with van der Waals surface area (Å²) >= 11 is 5.06. The zero-order valence-electron chi connectivity index (χ0n) is 11.1. The van der Waals surface area contributed by atoms with Gasteiger partial charge in [0.2, 0.25) is 0 Å². The lowest BCUT2D eigenvalue weighted by Crippen LogP contribution is -2.30. The summed E-state index contributed by atoms with van der Waals surface area (Å²) in [6, 6.07) is 9.82. The van der Waals surface area contributed by atoms with E-state index in [1.807, 2.05) is 18.2 Å². The molecule has 2 aromatic rings. The lowest BCUT2D eigenvalue weighted by atomic mass is 10.1. The van der Waals surface area contributed by atoms with Crippen molar-refractivity contribution in [3.63, 3.8) is 0 Å². The van der Waals surface area contributed by atoms with E-state index < -0.39 is 0 Å². The zero-order chi connectivity index (χ0) is 13.8. The van der Waals surface area contributed by atoms with Crippen LogP contribution in [0.3, 0.4) is 0 Å². The fourth-order valence-corrected chi connectivity index (χ4v) is 3.03. The topological polar surface area (TPSA) is 3.24 Å². The second-order valence-electron chi connectivity index (χ2n) is 4.72. The van der Waals surface area contributed by atoms with E-state index in [2.05, 4.69) is 46.1 Å². The van der Waals surface area contributed by atoms with E-state index in [4.69, 9.17) is 0 Å². The second-order valence-corrected chi connectivity index (χ2v) is 6.31. The van der Waals surface area contributed by atoms with E-state index in [0.29, 0.717) is 11.0 Å². The average Bonchev–Trinajstić information content (AvgIpc) is 2.89. The van der Waals surface area contributed by atoms with Gasteiger partial charge in [0.05, 0.1) is 12.2 Å². The smallest absolute Gasteiger partial charge is 0.146 e. The Morgan fingerprint density at radius 1 is 1.32 bits per heavy atom. The van der Waals surface area contributed by atoms with Crippen molar-refractivity contribution in [1.82, 2.24) is 0 Å². The van der Waals surface area contributed by atoms with E-state index in [1.165, 1.54) is 4.88 Å². The quantitative estimate of drug-likeness (QED) is 0.676. The summed E-state index contributed by atoms with van der Waals surface area (Å²) in [7, 11) is 0. The maximum Gasteiger partial charge on any atom is 0.146 e. The molecule has 0 saturated heterocycles. The molecule has 0 aliphatic heterocycles. The Labute approximate surface area is 126 Å². The van der Waals surface area contributed by atoms with Crippen LogP contribution in [0.1, 0.15) is 24.3 Å². The van der Waals surface area contributed by atoms with Gasteiger partial charge in [-0.15, -0.1) is 11.3 Å². The molecule has 0 fully saturated rings. The lowest BCUT2D eigenvalue weighted by Gasteiger charge is -2.29. The van der Waals surface area contributed by atoms with Gasteiger partial charge in [0, 0.05) is 16.2 Å². The number of rotatable bonds is 5. The van der Waals surface area contributed by atoms with Crippen molar-refractivity contribution in [2.24, 2.45) is 0 Å². The molecule has 0 spiro atoms. The number of hydrogen-bond donors (Lipinski definition) is 0. The highest BCUT2D eigenvalue weighted by atomic mass is 79.9. The molecule has 1 nitrogen and oxygen atoms in total. The van der Waals surface area contributed by atoms with Gasteiger partial charge in [-0.05, 0) is 43.0 Å². The maximum absolute atomic E-state index is 14.2. The van der Waals surface area contributed by atoms with Crippen LogP contribution in [0, 0.1) is 5.82 Å². The highest BCUT2D eigenvalue weighted by molar-refractivity contribution is 9.08. The highest BCUT2D eigenvalue weighted by Crippen LogP contribution is 2.26. The molecule has 0 saturated carbocycles. The standard InChI is InChI=1S/C15H17BrFNS/c1-11(2)18(10-13-4-3-7-19-13)15-6-5-12(9-16)8-14(15)17/h3-8,11H,9-10H2,1-2H3. The molecular formula is C15H17BrFNS. The van der Waals surface area contributed by atoms with Crippen molar-refractivity contribution in [3.8, 4) is 0 Å². The van der Waals surface area contributed by atoms with Gasteiger partial charge in [-0.2, -0.15) is 0 Å². The predicted molar refractivity (Wildman–Crippen MR) is 84.7 cm³/mol. The predicted octanol–water partition coefficient (Wildman–Crippen LogP) is 5.20. The van der Waals surface area contributed by atoms with Crippen LogP contribution in [0.4, 0.5) is 10.1 Å². The molecule has 0 bridgehead atoms. The molecule has 1 heterocycles. The monoisotopic (exact) mass is 341 g/mol. The first-order chi connectivity index (χ1) is 9.11. The maximum atomic E-state index is 14.2. The average molecular weight is 342 g/mol. The van der Waals surface area contributed by atoms with Crippen LogP contribution in [-0.2, 0) is 11.9 Å². The van der Waals surface area contributed by atoms with Crippen molar-refractivity contribution in [1.29, 1.82) is 0 Å². The van der Waals surface area contributed by atoms with Gasteiger partial charge in [0.15, 0.2) is 0 Å². The molecule has 0 radical (unpaired) electrons. The van der Waals surface area contributed by atoms with E-state index in [0.717, 1.165) is 12.1 Å². The summed E-state index contributed by atoms with van der Waals surface area (Å²) in [5.74, 6) is -0.151. The van der Waals surface area contributed by atoms with Crippen LogP contribution in [0.25, 0.3) is 0 Å². The van der Waals surface area contributed by atoms with E-state index in [1.54, 1.807) is 17.4 Å². The Bertz CT molecular complexity index is 525. The number of halogens is 2. The number of benzene rings is 1. The third-order valence-electron chi connectivity index (χ3n) is 3.01. The number of hydrogen-bond acceptors (Lipinski definition) is 2. The Balaban J connectivity index is 2.28. The zero-order valence-corrected chi connectivity index (χ0v) is 13.5. The lowest BCUT2D eigenvalue weighted by molar-refractivity contribution is 0.599. The second kappa shape index (κ2) is 6.53. The number of alkyl halides is 1. The Kier molecular flexibility index (Phi) is 4.99. The molecule has 2 rings (SSSR count). The van der Waals surface area contributed by atoms with Crippen molar-refractivity contribution in [2.45, 2.75) is 31.8 Å². The molecule has 0 amide bonds. The van der Waals surface area contributed by atoms with E-state index >= 15 is 0 Å². The summed E-state index contributed by atoms with van der Waals surface area (Å²) in [6.45, 7) is 4.93. The van der Waals surface area contributed by atoms with Crippen LogP contribution in [0.5, 0.6) is 0 Å². The van der Waals surface area contributed by atoms with Gasteiger partial charge in [-0.3, -0.25) is 0 Å². The van der Waals surface area contributed by atoms with Gasteiger partial charge >= 0.3 is 0 Å². The molecule has 102 valence electrons. The van der Waals surface area contributed by atoms with E-state index in [-0.39, 0.29) is 11.9 Å². The molecular weight excluding hydrogens is 325 g/mol. The Hall–Kier alpha value is -0.870. The molecule has 4 heteroatoms. The molecule has 1 aromatic heterocycles. The first-order valence-corrected chi connectivity index (χ1v) is 8.25. The molecule has 0 unspecified atom stereocenters. The van der Waals surface area contributed by atoms with Crippen molar-refractivity contribution < 1.29 is 4.39 Å². The minimum atomic E-state index is -0.151. The molecule has 0 N–H and O–H groups in total. The minimum Gasteiger partial charge on any atom is -0.362 e. The Morgan fingerprint density at radius 3 is 2.63 bits per heavy atom. The Morgan fingerprint density at radius 2 is 2.11 bits per heavy atom. The van der Waals surface area contributed by atoms with Gasteiger partial charge < -0.3 is 4.90 Å². The SMILES string of the molecule is CC(C)N(Cc1cccs1)c1ccc(CBr)cc1F. The number of thiophene rings is 1. The summed E-state index contributed by atoms with van der Waals surface area (Å²) in [5.41, 5.74) is 1.63. The molecule has 1 aromatic carbocycles. The van der Waals surface area contributed by atoms with Gasteiger partial charge in [-0.25, -0.2) is 4.39 Å². The van der Waals surface area contributed by atoms with Crippen LogP contribution in [-0.4, -0.2) is 6.04 Å². The molecule has 0 atom stereocenters. The number of anilines is 1. The third-order valence-corrected chi connectivity index (χ3v) is 4.51. The minimum absolute atomic E-state index is 0.151. The van der Waals surface area contributed by atoms with Crippen LogP contribution < -0.4 is 4.90 Å². The largest absolute Gasteiger partial charge is 0.362 e. The van der Waals surface area contributed by atoms with Crippen molar-refractivity contribution in [2.75, 3.05) is 4.90 Å². The molecule has 0 aliphatic rings. The summed E-state index contributed by atoms with van der Waals surface area (Å²) in [5, 5.41) is 2.73. The van der Waals surface area contributed by atoms with Crippen LogP contribution in [0.15, 0.2) is 35.7 Å². The van der Waals surface area contributed by atoms with E-state index in [9.17, 15) is 4.39 Å². The normalized spacial score (nSPS) is 11.0.